The Balaban J connectivity index is 2.45. The molecule has 2 aromatic rings. The molecule has 4 nitrogen and oxygen atoms in total. The summed E-state index contributed by atoms with van der Waals surface area (Å²) in [7, 11) is 1.78. The van der Waals surface area contributed by atoms with Crippen molar-refractivity contribution in [3.8, 4) is 0 Å². The van der Waals surface area contributed by atoms with Gasteiger partial charge in [0, 0.05) is 18.0 Å². The second kappa shape index (κ2) is 5.95. The second-order valence-electron chi connectivity index (χ2n) is 5.12. The summed E-state index contributed by atoms with van der Waals surface area (Å²) < 4.78 is 1.61. The first-order valence-corrected chi connectivity index (χ1v) is 6.87. The predicted molar refractivity (Wildman–Crippen MR) is 79.0 cm³/mol. The highest BCUT2D eigenvalue weighted by atomic mass is 35.5. The summed E-state index contributed by atoms with van der Waals surface area (Å²) in [5, 5.41) is 24.5. The predicted octanol–water partition coefficient (Wildman–Crippen LogP) is 1.85. The van der Waals surface area contributed by atoms with E-state index in [0.29, 0.717) is 11.6 Å². The molecule has 0 amide bonds. The minimum Gasteiger partial charge on any atom is -0.395 e. The van der Waals surface area contributed by atoms with E-state index in [4.69, 9.17) is 11.6 Å². The molecule has 5 heteroatoms. The van der Waals surface area contributed by atoms with Crippen molar-refractivity contribution in [2.45, 2.75) is 18.8 Å². The Labute approximate surface area is 123 Å². The summed E-state index contributed by atoms with van der Waals surface area (Å²) in [6.07, 6.45) is 0.447. The number of hydrogen-bond acceptors (Lipinski definition) is 3. The van der Waals surface area contributed by atoms with Crippen LogP contribution in [0.4, 0.5) is 0 Å². The highest BCUT2D eigenvalue weighted by Gasteiger charge is 2.33. The van der Waals surface area contributed by atoms with Crippen LogP contribution in [-0.2, 0) is 18.9 Å². The largest absolute Gasteiger partial charge is 0.395 e. The van der Waals surface area contributed by atoms with Gasteiger partial charge in [0.2, 0.25) is 0 Å². The Morgan fingerprint density at radius 3 is 2.25 bits per heavy atom. The first kappa shape index (κ1) is 15.0. The SMILES string of the molecule is Cc1nn(C)c(Cl)c1CC(CO)(CO)c1ccccc1. The number of aliphatic hydroxyl groups excluding tert-OH is 2. The van der Waals surface area contributed by atoms with Gasteiger partial charge in [-0.2, -0.15) is 5.10 Å². The van der Waals surface area contributed by atoms with Crippen LogP contribution < -0.4 is 0 Å². The third kappa shape index (κ3) is 2.59. The average molecular weight is 295 g/mol. The van der Waals surface area contributed by atoms with E-state index in [9.17, 15) is 10.2 Å². The Bertz CT molecular complexity index is 577. The maximum absolute atomic E-state index is 9.85. The molecule has 1 aromatic carbocycles. The topological polar surface area (TPSA) is 58.3 Å². The molecule has 0 saturated carbocycles. The van der Waals surface area contributed by atoms with Crippen LogP contribution in [0.25, 0.3) is 0 Å². The van der Waals surface area contributed by atoms with Crippen LogP contribution in [0.15, 0.2) is 30.3 Å². The van der Waals surface area contributed by atoms with Crippen molar-refractivity contribution in [1.82, 2.24) is 9.78 Å². The van der Waals surface area contributed by atoms with Gasteiger partial charge in [-0.05, 0) is 18.9 Å². The lowest BCUT2D eigenvalue weighted by Gasteiger charge is -2.30. The minimum atomic E-state index is -0.751. The summed E-state index contributed by atoms with van der Waals surface area (Å²) in [5.41, 5.74) is 1.82. The van der Waals surface area contributed by atoms with Crippen LogP contribution in [0.3, 0.4) is 0 Å². The molecule has 0 aliphatic carbocycles. The van der Waals surface area contributed by atoms with Gasteiger partial charge in [0.05, 0.1) is 18.9 Å². The Hall–Kier alpha value is -1.36. The fourth-order valence-electron chi connectivity index (χ4n) is 2.45. The van der Waals surface area contributed by atoms with Gasteiger partial charge in [-0.3, -0.25) is 4.68 Å². The molecular weight excluding hydrogens is 276 g/mol. The first-order valence-electron chi connectivity index (χ1n) is 6.49. The zero-order valence-corrected chi connectivity index (χ0v) is 12.4. The van der Waals surface area contributed by atoms with Crippen molar-refractivity contribution in [1.29, 1.82) is 0 Å². The maximum Gasteiger partial charge on any atom is 0.130 e. The maximum atomic E-state index is 9.85. The summed E-state index contributed by atoms with van der Waals surface area (Å²) in [4.78, 5) is 0. The van der Waals surface area contributed by atoms with Gasteiger partial charge >= 0.3 is 0 Å². The first-order chi connectivity index (χ1) is 9.54. The monoisotopic (exact) mass is 294 g/mol. The van der Waals surface area contributed by atoms with Gasteiger partial charge in [0.1, 0.15) is 5.15 Å². The summed E-state index contributed by atoms with van der Waals surface area (Å²) in [6.45, 7) is 1.57. The molecule has 0 saturated heterocycles. The molecule has 0 fully saturated rings. The number of nitrogens with zero attached hydrogens (tertiary/aromatic N) is 2. The molecule has 0 atom stereocenters. The summed E-state index contributed by atoms with van der Waals surface area (Å²) in [6, 6.07) is 9.52. The van der Waals surface area contributed by atoms with E-state index >= 15 is 0 Å². The molecule has 2 N–H and O–H groups in total. The lowest BCUT2D eigenvalue weighted by Crippen LogP contribution is -2.37. The number of hydrogen-bond donors (Lipinski definition) is 2. The fourth-order valence-corrected chi connectivity index (χ4v) is 2.69. The van der Waals surface area contributed by atoms with E-state index in [1.807, 2.05) is 37.3 Å². The van der Waals surface area contributed by atoms with Gasteiger partial charge in [-0.15, -0.1) is 0 Å². The Morgan fingerprint density at radius 2 is 1.80 bits per heavy atom. The lowest BCUT2D eigenvalue weighted by molar-refractivity contribution is 0.116. The van der Waals surface area contributed by atoms with E-state index < -0.39 is 5.41 Å². The fraction of sp³-hybridized carbons (Fsp3) is 0.400. The third-order valence-electron chi connectivity index (χ3n) is 3.78. The average Bonchev–Trinajstić information content (AvgIpc) is 2.71. The molecule has 1 aromatic heterocycles. The molecule has 1 heterocycles. The van der Waals surface area contributed by atoms with Crippen LogP contribution in [0, 0.1) is 6.92 Å². The van der Waals surface area contributed by atoms with Crippen molar-refractivity contribution < 1.29 is 10.2 Å². The number of aromatic nitrogens is 2. The smallest absolute Gasteiger partial charge is 0.130 e. The molecule has 0 aliphatic heterocycles. The number of rotatable bonds is 5. The van der Waals surface area contributed by atoms with Gasteiger partial charge in [0.15, 0.2) is 0 Å². The van der Waals surface area contributed by atoms with Gasteiger partial charge in [-0.25, -0.2) is 0 Å². The van der Waals surface area contributed by atoms with Crippen LogP contribution in [0.5, 0.6) is 0 Å². The van der Waals surface area contributed by atoms with Crippen LogP contribution in [0.2, 0.25) is 5.15 Å². The molecule has 108 valence electrons. The molecule has 20 heavy (non-hydrogen) atoms. The Kier molecular flexibility index (Phi) is 4.48. The van der Waals surface area contributed by atoms with E-state index in [0.717, 1.165) is 16.8 Å². The van der Waals surface area contributed by atoms with Crippen molar-refractivity contribution in [3.05, 3.63) is 52.3 Å². The van der Waals surface area contributed by atoms with Gasteiger partial charge < -0.3 is 10.2 Å². The van der Waals surface area contributed by atoms with Crippen LogP contribution in [0.1, 0.15) is 16.8 Å². The van der Waals surface area contributed by atoms with Gasteiger partial charge in [-0.1, -0.05) is 41.9 Å². The number of aryl methyl sites for hydroxylation is 2. The second-order valence-corrected chi connectivity index (χ2v) is 5.48. The molecular formula is C15H19ClN2O2. The molecule has 0 radical (unpaired) electrons. The normalized spacial score (nSPS) is 11.8. The third-order valence-corrected chi connectivity index (χ3v) is 4.25. The molecule has 0 unspecified atom stereocenters. The minimum absolute atomic E-state index is 0.155. The zero-order valence-electron chi connectivity index (χ0n) is 11.7. The molecule has 0 aliphatic rings. The molecule has 0 spiro atoms. The molecule has 0 bridgehead atoms. The molecule has 2 rings (SSSR count). The Morgan fingerprint density at radius 1 is 1.20 bits per heavy atom. The standard InChI is InChI=1S/C15H19ClN2O2/c1-11-13(14(16)18(2)17-11)8-15(9-19,10-20)12-6-4-3-5-7-12/h3-7,19-20H,8-10H2,1-2H3. The summed E-state index contributed by atoms with van der Waals surface area (Å²) >= 11 is 6.26. The number of aliphatic hydroxyl groups is 2. The van der Waals surface area contributed by atoms with Crippen molar-refractivity contribution in [2.75, 3.05) is 13.2 Å². The zero-order chi connectivity index (χ0) is 14.8. The van der Waals surface area contributed by atoms with Crippen molar-refractivity contribution in [3.63, 3.8) is 0 Å². The number of benzene rings is 1. The van der Waals surface area contributed by atoms with E-state index in [2.05, 4.69) is 5.10 Å². The van der Waals surface area contributed by atoms with E-state index in [-0.39, 0.29) is 13.2 Å². The number of halogens is 1. The summed E-state index contributed by atoms with van der Waals surface area (Å²) in [5.74, 6) is 0. The highest BCUT2D eigenvalue weighted by Crippen LogP contribution is 2.32. The van der Waals surface area contributed by atoms with Crippen LogP contribution in [-0.4, -0.2) is 33.2 Å². The lowest BCUT2D eigenvalue weighted by atomic mass is 9.77. The quantitative estimate of drug-likeness (QED) is 0.885. The highest BCUT2D eigenvalue weighted by molar-refractivity contribution is 6.30. The van der Waals surface area contributed by atoms with Gasteiger partial charge in [0.25, 0.3) is 0 Å². The van der Waals surface area contributed by atoms with Crippen molar-refractivity contribution in [2.24, 2.45) is 7.05 Å². The van der Waals surface area contributed by atoms with Crippen molar-refractivity contribution >= 4 is 11.6 Å². The van der Waals surface area contributed by atoms with E-state index in [1.54, 1.807) is 11.7 Å². The van der Waals surface area contributed by atoms with E-state index in [1.165, 1.54) is 0 Å². The van der Waals surface area contributed by atoms with Crippen LogP contribution >= 0.6 is 11.6 Å².